The summed E-state index contributed by atoms with van der Waals surface area (Å²) < 4.78 is 0. The highest BCUT2D eigenvalue weighted by molar-refractivity contribution is 6.46. The highest BCUT2D eigenvalue weighted by Gasteiger charge is 2.49. The summed E-state index contributed by atoms with van der Waals surface area (Å²) in [5.74, 6) is -1.37. The third-order valence-electron chi connectivity index (χ3n) is 5.37. The Bertz CT molecular complexity index is 874. The number of carbonyl (C=O) groups excluding carboxylic acids is 2. The van der Waals surface area contributed by atoms with Crippen molar-refractivity contribution in [2.75, 3.05) is 0 Å². The average Bonchev–Trinajstić information content (AvgIpc) is 3.00. The normalized spacial score (nSPS) is 23.0. The van der Waals surface area contributed by atoms with E-state index in [2.05, 4.69) is 9.97 Å². The smallest absolute Gasteiger partial charge is 0.295 e. The average molecular weight is 363 g/mol. The topological polar surface area (TPSA) is 83.4 Å². The van der Waals surface area contributed by atoms with Gasteiger partial charge in [-0.15, -0.1) is 0 Å². The number of aliphatic hydroxyl groups is 1. The van der Waals surface area contributed by atoms with Crippen LogP contribution in [0.25, 0.3) is 5.76 Å². The van der Waals surface area contributed by atoms with Crippen LogP contribution in [0.1, 0.15) is 49.4 Å². The van der Waals surface area contributed by atoms with Gasteiger partial charge in [-0.25, -0.2) is 0 Å². The van der Waals surface area contributed by atoms with E-state index in [1.54, 1.807) is 47.8 Å². The van der Waals surface area contributed by atoms with E-state index in [1.807, 2.05) is 6.07 Å². The van der Waals surface area contributed by atoms with Crippen molar-refractivity contribution in [2.45, 2.75) is 44.2 Å². The Morgan fingerprint density at radius 2 is 1.74 bits per heavy atom. The van der Waals surface area contributed by atoms with E-state index < -0.39 is 17.7 Å². The largest absolute Gasteiger partial charge is 0.507 e. The van der Waals surface area contributed by atoms with Gasteiger partial charge in [-0.3, -0.25) is 19.6 Å². The number of amides is 1. The molecule has 2 aliphatic rings. The summed E-state index contributed by atoms with van der Waals surface area (Å²) in [6.07, 6.45) is 9.68. The third kappa shape index (κ3) is 3.12. The number of hydrogen-bond donors (Lipinski definition) is 1. The fraction of sp³-hybridized carbons (Fsp3) is 0.333. The first kappa shape index (κ1) is 17.4. The summed E-state index contributed by atoms with van der Waals surface area (Å²) in [7, 11) is 0. The zero-order chi connectivity index (χ0) is 18.8. The highest BCUT2D eigenvalue weighted by atomic mass is 16.3. The van der Waals surface area contributed by atoms with Gasteiger partial charge in [0.15, 0.2) is 0 Å². The molecule has 0 spiro atoms. The van der Waals surface area contributed by atoms with Crippen molar-refractivity contribution in [3.8, 4) is 0 Å². The van der Waals surface area contributed by atoms with Crippen molar-refractivity contribution in [2.24, 2.45) is 0 Å². The van der Waals surface area contributed by atoms with E-state index in [0.29, 0.717) is 11.3 Å². The maximum atomic E-state index is 12.9. The molecule has 1 saturated heterocycles. The number of ketones is 1. The molecule has 27 heavy (non-hydrogen) atoms. The monoisotopic (exact) mass is 363 g/mol. The molecule has 1 aliphatic carbocycles. The van der Waals surface area contributed by atoms with Gasteiger partial charge in [0.05, 0.1) is 11.3 Å². The van der Waals surface area contributed by atoms with Crippen LogP contribution in [0.5, 0.6) is 0 Å². The van der Waals surface area contributed by atoms with Crippen LogP contribution in [0.4, 0.5) is 0 Å². The highest BCUT2D eigenvalue weighted by Crippen LogP contribution is 2.42. The van der Waals surface area contributed by atoms with Crippen LogP contribution in [0, 0.1) is 0 Å². The fourth-order valence-corrected chi connectivity index (χ4v) is 4.08. The lowest BCUT2D eigenvalue weighted by atomic mass is 9.92. The Morgan fingerprint density at radius 1 is 1.00 bits per heavy atom. The number of likely N-dealkylation sites (tertiary alicyclic amines) is 1. The number of nitrogens with zero attached hydrogens (tertiary/aromatic N) is 3. The number of hydrogen-bond acceptors (Lipinski definition) is 5. The molecule has 0 aromatic carbocycles. The molecule has 0 radical (unpaired) electrons. The van der Waals surface area contributed by atoms with Gasteiger partial charge in [0, 0.05) is 30.2 Å². The molecule has 4 rings (SSSR count). The van der Waals surface area contributed by atoms with Crippen LogP contribution >= 0.6 is 0 Å². The molecule has 3 heterocycles. The number of aromatic nitrogens is 2. The van der Waals surface area contributed by atoms with Gasteiger partial charge >= 0.3 is 0 Å². The second kappa shape index (κ2) is 7.31. The van der Waals surface area contributed by atoms with Crippen LogP contribution in [-0.2, 0) is 9.59 Å². The van der Waals surface area contributed by atoms with E-state index in [0.717, 1.165) is 32.1 Å². The molecule has 1 N–H and O–H groups in total. The molecule has 0 bridgehead atoms. The van der Waals surface area contributed by atoms with Crippen molar-refractivity contribution >= 4 is 17.4 Å². The maximum absolute atomic E-state index is 12.9. The minimum atomic E-state index is -0.664. The number of rotatable bonds is 3. The molecule has 1 saturated carbocycles. The first-order chi connectivity index (χ1) is 13.2. The van der Waals surface area contributed by atoms with Crippen LogP contribution in [0.2, 0.25) is 0 Å². The van der Waals surface area contributed by atoms with Gasteiger partial charge in [-0.05, 0) is 37.1 Å². The predicted octanol–water partition coefficient (Wildman–Crippen LogP) is 3.23. The lowest BCUT2D eigenvalue weighted by Crippen LogP contribution is -2.40. The first-order valence-electron chi connectivity index (χ1n) is 9.30. The SMILES string of the molecule is O=C1C(=O)N(C2CCCCC2)C(c2ccccn2)/C1=C(/O)c1ccncc1. The molecule has 6 heteroatoms. The van der Waals surface area contributed by atoms with Crippen LogP contribution in [0.15, 0.2) is 54.5 Å². The van der Waals surface area contributed by atoms with E-state index in [1.165, 1.54) is 0 Å². The van der Waals surface area contributed by atoms with Crippen molar-refractivity contribution in [3.63, 3.8) is 0 Å². The van der Waals surface area contributed by atoms with Crippen molar-refractivity contribution < 1.29 is 14.7 Å². The summed E-state index contributed by atoms with van der Waals surface area (Å²) in [5.41, 5.74) is 1.17. The fourth-order valence-electron chi connectivity index (χ4n) is 4.08. The van der Waals surface area contributed by atoms with Gasteiger partial charge in [0.2, 0.25) is 0 Å². The van der Waals surface area contributed by atoms with Crippen molar-refractivity contribution in [1.29, 1.82) is 0 Å². The molecule has 2 aromatic rings. The summed E-state index contributed by atoms with van der Waals surface area (Å²) in [4.78, 5) is 35.8. The Morgan fingerprint density at radius 3 is 2.41 bits per heavy atom. The quantitative estimate of drug-likeness (QED) is 0.514. The van der Waals surface area contributed by atoms with Gasteiger partial charge in [-0.2, -0.15) is 0 Å². The lowest BCUT2D eigenvalue weighted by molar-refractivity contribution is -0.141. The van der Waals surface area contributed by atoms with Gasteiger partial charge in [-0.1, -0.05) is 25.3 Å². The van der Waals surface area contributed by atoms with Crippen molar-refractivity contribution in [3.05, 3.63) is 65.8 Å². The summed E-state index contributed by atoms with van der Waals surface area (Å²) >= 11 is 0. The molecule has 1 aliphatic heterocycles. The maximum Gasteiger partial charge on any atom is 0.295 e. The predicted molar refractivity (Wildman–Crippen MR) is 99.5 cm³/mol. The number of aliphatic hydroxyl groups excluding tert-OH is 1. The van der Waals surface area contributed by atoms with Gasteiger partial charge in [0.1, 0.15) is 11.8 Å². The van der Waals surface area contributed by atoms with E-state index >= 15 is 0 Å². The Balaban J connectivity index is 1.86. The molecule has 138 valence electrons. The second-order valence-electron chi connectivity index (χ2n) is 6.99. The Kier molecular flexibility index (Phi) is 4.71. The van der Waals surface area contributed by atoms with E-state index in [4.69, 9.17) is 0 Å². The number of carbonyl (C=O) groups is 2. The first-order valence-corrected chi connectivity index (χ1v) is 9.30. The zero-order valence-corrected chi connectivity index (χ0v) is 14.9. The molecule has 1 atom stereocenters. The Labute approximate surface area is 157 Å². The summed E-state index contributed by atoms with van der Waals surface area (Å²) in [6, 6.07) is 7.99. The molecular formula is C21H21N3O3. The van der Waals surface area contributed by atoms with E-state index in [-0.39, 0.29) is 17.4 Å². The minimum absolute atomic E-state index is 0.00931. The minimum Gasteiger partial charge on any atom is -0.507 e. The Hall–Kier alpha value is -3.02. The van der Waals surface area contributed by atoms with Crippen LogP contribution < -0.4 is 0 Å². The molecule has 6 nitrogen and oxygen atoms in total. The molecule has 1 amide bonds. The van der Waals surface area contributed by atoms with Crippen LogP contribution in [0.3, 0.4) is 0 Å². The molecule has 2 fully saturated rings. The second-order valence-corrected chi connectivity index (χ2v) is 6.99. The molecular weight excluding hydrogens is 342 g/mol. The summed E-state index contributed by atoms with van der Waals surface area (Å²) in [5, 5.41) is 10.9. The molecule has 2 aromatic heterocycles. The third-order valence-corrected chi connectivity index (χ3v) is 5.37. The van der Waals surface area contributed by atoms with Gasteiger partial charge < -0.3 is 10.0 Å². The van der Waals surface area contributed by atoms with Crippen LogP contribution in [-0.4, -0.2) is 37.7 Å². The lowest BCUT2D eigenvalue weighted by Gasteiger charge is -2.35. The number of pyridine rings is 2. The number of Topliss-reactive ketones (excluding diaryl/α,β-unsaturated/α-hetero) is 1. The van der Waals surface area contributed by atoms with E-state index in [9.17, 15) is 14.7 Å². The standard InChI is InChI=1S/C21H21N3O3/c25-19(14-9-12-22-13-10-14)17-18(16-8-4-5-11-23-16)24(21(27)20(17)26)15-6-2-1-3-7-15/h4-5,8-13,15,18,25H,1-3,6-7H2/b19-17-. The van der Waals surface area contributed by atoms with Crippen molar-refractivity contribution in [1.82, 2.24) is 14.9 Å². The van der Waals surface area contributed by atoms with Gasteiger partial charge in [0.25, 0.3) is 11.7 Å². The molecule has 1 unspecified atom stereocenters. The summed E-state index contributed by atoms with van der Waals surface area (Å²) in [6.45, 7) is 0. The zero-order valence-electron chi connectivity index (χ0n) is 14.9.